The van der Waals surface area contributed by atoms with E-state index in [4.69, 9.17) is 4.74 Å². The van der Waals surface area contributed by atoms with Crippen molar-refractivity contribution < 1.29 is 4.74 Å². The van der Waals surface area contributed by atoms with Gasteiger partial charge in [-0.15, -0.1) is 0 Å². The van der Waals surface area contributed by atoms with Gasteiger partial charge in [0.05, 0.1) is 12.2 Å². The van der Waals surface area contributed by atoms with Crippen molar-refractivity contribution in [2.24, 2.45) is 0 Å². The highest BCUT2D eigenvalue weighted by atomic mass is 16.5. The number of likely N-dealkylation sites (N-methyl/N-ethyl adjacent to an activating group) is 1. The number of rotatable bonds is 4. The molecule has 0 spiro atoms. The van der Waals surface area contributed by atoms with Crippen LogP contribution in [0.4, 0.5) is 0 Å². The monoisotopic (exact) mass is 241 g/mol. The fourth-order valence-corrected chi connectivity index (χ4v) is 2.70. The quantitative estimate of drug-likeness (QED) is 0.770. The summed E-state index contributed by atoms with van der Waals surface area (Å²) in [6, 6.07) is 1.31. The topological polar surface area (TPSA) is 27.7 Å². The summed E-state index contributed by atoms with van der Waals surface area (Å²) in [6.45, 7) is 13.1. The molecule has 0 amide bonds. The zero-order chi connectivity index (χ0) is 12.5. The van der Waals surface area contributed by atoms with Gasteiger partial charge in [-0.05, 0) is 27.8 Å². The first kappa shape index (κ1) is 13.3. The third kappa shape index (κ3) is 3.19. The predicted molar refractivity (Wildman–Crippen MR) is 70.4 cm³/mol. The molecule has 0 aromatic carbocycles. The largest absolute Gasteiger partial charge is 0.371 e. The Morgan fingerprint density at radius 3 is 2.29 bits per heavy atom. The second-order valence-corrected chi connectivity index (χ2v) is 6.03. The molecule has 100 valence electrons. The van der Waals surface area contributed by atoms with E-state index < -0.39 is 0 Å². The van der Waals surface area contributed by atoms with E-state index in [-0.39, 0.29) is 5.60 Å². The molecule has 2 rings (SSSR count). The van der Waals surface area contributed by atoms with Gasteiger partial charge in [0.15, 0.2) is 0 Å². The minimum Gasteiger partial charge on any atom is -0.371 e. The Bertz CT molecular complexity index is 243. The van der Waals surface area contributed by atoms with Crippen molar-refractivity contribution in [3.05, 3.63) is 0 Å². The average Bonchev–Trinajstić information content (AvgIpc) is 2.23. The van der Waals surface area contributed by atoms with E-state index in [0.29, 0.717) is 12.1 Å². The Labute approximate surface area is 105 Å². The van der Waals surface area contributed by atoms with Crippen LogP contribution < -0.4 is 5.32 Å². The van der Waals surface area contributed by atoms with Crippen molar-refractivity contribution in [3.63, 3.8) is 0 Å². The van der Waals surface area contributed by atoms with Gasteiger partial charge >= 0.3 is 0 Å². The van der Waals surface area contributed by atoms with Crippen molar-refractivity contribution in [2.75, 3.05) is 46.4 Å². The number of ether oxygens (including phenoxy) is 1. The average molecular weight is 241 g/mol. The van der Waals surface area contributed by atoms with Crippen molar-refractivity contribution in [2.45, 2.75) is 38.5 Å². The number of hydrogen-bond acceptors (Lipinski definition) is 4. The van der Waals surface area contributed by atoms with Gasteiger partial charge in [-0.1, -0.05) is 0 Å². The molecule has 0 bridgehead atoms. The van der Waals surface area contributed by atoms with Crippen molar-refractivity contribution >= 4 is 0 Å². The normalized spacial score (nSPS) is 34.6. The summed E-state index contributed by atoms with van der Waals surface area (Å²) >= 11 is 0. The summed E-state index contributed by atoms with van der Waals surface area (Å²) in [5.74, 6) is 0. The third-order valence-electron chi connectivity index (χ3n) is 4.29. The van der Waals surface area contributed by atoms with Gasteiger partial charge in [-0.25, -0.2) is 0 Å². The maximum atomic E-state index is 5.95. The molecule has 4 nitrogen and oxygen atoms in total. The Morgan fingerprint density at radius 2 is 1.82 bits per heavy atom. The maximum absolute atomic E-state index is 5.95. The summed E-state index contributed by atoms with van der Waals surface area (Å²) < 4.78 is 5.95. The lowest BCUT2D eigenvalue weighted by Gasteiger charge is -2.43. The van der Waals surface area contributed by atoms with E-state index in [9.17, 15) is 0 Å². The highest BCUT2D eigenvalue weighted by Gasteiger charge is 2.33. The van der Waals surface area contributed by atoms with Crippen LogP contribution in [0.1, 0.15) is 20.8 Å². The third-order valence-corrected chi connectivity index (χ3v) is 4.29. The van der Waals surface area contributed by atoms with Gasteiger partial charge < -0.3 is 10.1 Å². The fourth-order valence-electron chi connectivity index (χ4n) is 2.70. The Balaban J connectivity index is 1.69. The molecule has 17 heavy (non-hydrogen) atoms. The van der Waals surface area contributed by atoms with Crippen LogP contribution in [0.2, 0.25) is 0 Å². The Kier molecular flexibility index (Phi) is 4.08. The lowest BCUT2D eigenvalue weighted by molar-refractivity contribution is -0.0769. The first-order valence-electron chi connectivity index (χ1n) is 6.79. The summed E-state index contributed by atoms with van der Waals surface area (Å²) in [4.78, 5) is 5.00. The van der Waals surface area contributed by atoms with Gasteiger partial charge in [-0.2, -0.15) is 0 Å². The van der Waals surface area contributed by atoms with Crippen LogP contribution in [-0.4, -0.2) is 73.9 Å². The van der Waals surface area contributed by atoms with Crippen molar-refractivity contribution in [3.8, 4) is 0 Å². The number of nitrogens with zero attached hydrogens (tertiary/aromatic N) is 2. The maximum Gasteiger partial charge on any atom is 0.0902 e. The van der Waals surface area contributed by atoms with Gasteiger partial charge in [-0.3, -0.25) is 9.80 Å². The van der Waals surface area contributed by atoms with E-state index in [2.05, 4.69) is 42.9 Å². The van der Waals surface area contributed by atoms with E-state index >= 15 is 0 Å². The van der Waals surface area contributed by atoms with Gasteiger partial charge in [0.25, 0.3) is 0 Å². The van der Waals surface area contributed by atoms with E-state index in [1.807, 2.05) is 0 Å². The second kappa shape index (κ2) is 5.22. The van der Waals surface area contributed by atoms with Crippen LogP contribution in [0.5, 0.6) is 0 Å². The molecule has 0 radical (unpaired) electrons. The zero-order valence-corrected chi connectivity index (χ0v) is 11.7. The SMILES string of the molecule is CC1CN(CCOC2(C)CNC2)CC(C)N1C. The highest BCUT2D eigenvalue weighted by molar-refractivity contribution is 4.90. The number of hydrogen-bond donors (Lipinski definition) is 1. The summed E-state index contributed by atoms with van der Waals surface area (Å²) in [5, 5.41) is 3.26. The molecule has 2 unspecified atom stereocenters. The lowest BCUT2D eigenvalue weighted by atomic mass is 10.0. The molecule has 0 saturated carbocycles. The minimum atomic E-state index is 0.101. The lowest BCUT2D eigenvalue weighted by Crippen LogP contribution is -2.60. The number of piperazine rings is 1. The summed E-state index contributed by atoms with van der Waals surface area (Å²) in [5.41, 5.74) is 0.101. The zero-order valence-electron chi connectivity index (χ0n) is 11.7. The molecule has 1 N–H and O–H groups in total. The smallest absolute Gasteiger partial charge is 0.0902 e. The van der Waals surface area contributed by atoms with Crippen LogP contribution in [0.3, 0.4) is 0 Å². The first-order chi connectivity index (χ1) is 8.00. The molecule has 0 aromatic heterocycles. The summed E-state index contributed by atoms with van der Waals surface area (Å²) in [7, 11) is 2.23. The van der Waals surface area contributed by atoms with Crippen LogP contribution in [0, 0.1) is 0 Å². The van der Waals surface area contributed by atoms with Crippen LogP contribution >= 0.6 is 0 Å². The molecule has 2 atom stereocenters. The molecule has 2 fully saturated rings. The second-order valence-electron chi connectivity index (χ2n) is 6.03. The molecule has 2 heterocycles. The first-order valence-corrected chi connectivity index (χ1v) is 6.79. The van der Waals surface area contributed by atoms with Crippen LogP contribution in [-0.2, 0) is 4.74 Å². The molecule has 4 heteroatoms. The standard InChI is InChI=1S/C13H27N3O/c1-11-7-16(8-12(2)15(11)4)5-6-17-13(3)9-14-10-13/h11-12,14H,5-10H2,1-4H3. The number of nitrogens with one attached hydrogen (secondary N) is 1. The fraction of sp³-hybridized carbons (Fsp3) is 1.00. The Morgan fingerprint density at radius 1 is 1.24 bits per heavy atom. The molecule has 0 aliphatic carbocycles. The van der Waals surface area contributed by atoms with Crippen LogP contribution in [0.15, 0.2) is 0 Å². The van der Waals surface area contributed by atoms with E-state index in [0.717, 1.165) is 26.2 Å². The van der Waals surface area contributed by atoms with Gasteiger partial charge in [0, 0.05) is 44.8 Å². The molecule has 2 saturated heterocycles. The predicted octanol–water partition coefficient (Wildman–Crippen LogP) is 0.389. The summed E-state index contributed by atoms with van der Waals surface area (Å²) in [6.07, 6.45) is 0. The molecular weight excluding hydrogens is 214 g/mol. The van der Waals surface area contributed by atoms with Gasteiger partial charge in [0.2, 0.25) is 0 Å². The molecule has 2 aliphatic rings. The minimum absolute atomic E-state index is 0.101. The van der Waals surface area contributed by atoms with Crippen molar-refractivity contribution in [1.82, 2.24) is 15.1 Å². The molecule has 0 aromatic rings. The molecule has 2 aliphatic heterocycles. The van der Waals surface area contributed by atoms with Crippen LogP contribution in [0.25, 0.3) is 0 Å². The highest BCUT2D eigenvalue weighted by Crippen LogP contribution is 2.16. The van der Waals surface area contributed by atoms with E-state index in [1.165, 1.54) is 13.1 Å². The van der Waals surface area contributed by atoms with Gasteiger partial charge in [0.1, 0.15) is 0 Å². The van der Waals surface area contributed by atoms with E-state index in [1.54, 1.807) is 0 Å². The van der Waals surface area contributed by atoms with Crippen molar-refractivity contribution in [1.29, 1.82) is 0 Å². The Hall–Kier alpha value is -0.160. The molecular formula is C13H27N3O.